The van der Waals surface area contributed by atoms with Gasteiger partial charge in [0.05, 0.1) is 6.54 Å². The third kappa shape index (κ3) is 9.02. The molecule has 0 spiro atoms. The first kappa shape index (κ1) is 24.1. The lowest BCUT2D eigenvalue weighted by molar-refractivity contribution is 0.0232. The van der Waals surface area contributed by atoms with Crippen LogP contribution >= 0.6 is 0 Å². The predicted octanol–water partition coefficient (Wildman–Crippen LogP) is 2.09. The van der Waals surface area contributed by atoms with Gasteiger partial charge in [0.15, 0.2) is 5.96 Å². The summed E-state index contributed by atoms with van der Waals surface area (Å²) in [4.78, 5) is 27.2. The van der Waals surface area contributed by atoms with Crippen LogP contribution in [0.15, 0.2) is 35.8 Å². The van der Waals surface area contributed by atoms with Crippen LogP contribution in [0, 0.1) is 0 Å². The zero-order valence-electron chi connectivity index (χ0n) is 19.1. The van der Waals surface area contributed by atoms with Gasteiger partial charge >= 0.3 is 6.09 Å². The summed E-state index contributed by atoms with van der Waals surface area (Å²) in [7, 11) is 1.84. The maximum Gasteiger partial charge on any atom is 0.410 e. The molecule has 2 aromatic rings. The van der Waals surface area contributed by atoms with Gasteiger partial charge < -0.3 is 20.3 Å². The highest BCUT2D eigenvalue weighted by molar-refractivity contribution is 5.79. The molecule has 0 aliphatic heterocycles. The quantitative estimate of drug-likeness (QED) is 0.356. The first-order valence-corrected chi connectivity index (χ1v) is 10.5. The van der Waals surface area contributed by atoms with E-state index in [4.69, 9.17) is 4.74 Å². The van der Waals surface area contributed by atoms with Crippen molar-refractivity contribution >= 4 is 12.1 Å². The number of pyridine rings is 1. The number of aryl methyl sites for hydroxylation is 1. The van der Waals surface area contributed by atoms with Crippen LogP contribution in [0.3, 0.4) is 0 Å². The van der Waals surface area contributed by atoms with Crippen molar-refractivity contribution in [3.8, 4) is 0 Å². The van der Waals surface area contributed by atoms with E-state index < -0.39 is 5.60 Å². The van der Waals surface area contributed by atoms with E-state index in [1.165, 1.54) is 6.33 Å². The van der Waals surface area contributed by atoms with Crippen LogP contribution in [0.1, 0.15) is 45.5 Å². The monoisotopic (exact) mass is 430 g/mol. The number of carbonyl (C=O) groups is 1. The van der Waals surface area contributed by atoms with Crippen molar-refractivity contribution in [2.45, 2.75) is 52.8 Å². The van der Waals surface area contributed by atoms with Crippen molar-refractivity contribution in [3.05, 3.63) is 42.2 Å². The van der Waals surface area contributed by atoms with Gasteiger partial charge in [-0.1, -0.05) is 6.07 Å². The molecule has 1 amide bonds. The Balaban J connectivity index is 1.91. The van der Waals surface area contributed by atoms with Crippen LogP contribution in [0.4, 0.5) is 4.79 Å². The number of carbonyl (C=O) groups excluding carboxylic acids is 1. The van der Waals surface area contributed by atoms with Gasteiger partial charge in [-0.3, -0.25) is 9.67 Å². The fourth-order valence-corrected chi connectivity index (χ4v) is 2.70. The number of rotatable bonds is 9. The SMILES string of the molecule is CCNC(=NCc1ncnn1C)NCCCN(Cc1cccnc1)C(=O)OC(C)(C)C. The summed E-state index contributed by atoms with van der Waals surface area (Å²) in [5.74, 6) is 1.48. The lowest BCUT2D eigenvalue weighted by Crippen LogP contribution is -2.40. The second kappa shape index (κ2) is 11.9. The van der Waals surface area contributed by atoms with Crippen molar-refractivity contribution in [3.63, 3.8) is 0 Å². The molecule has 31 heavy (non-hydrogen) atoms. The Morgan fingerprint density at radius 3 is 2.74 bits per heavy atom. The van der Waals surface area contributed by atoms with Crippen molar-refractivity contribution in [2.75, 3.05) is 19.6 Å². The molecule has 0 saturated heterocycles. The number of guanidine groups is 1. The molecule has 2 rings (SSSR count). The normalized spacial score (nSPS) is 11.8. The molecule has 10 nitrogen and oxygen atoms in total. The maximum atomic E-state index is 12.7. The molecule has 0 aliphatic carbocycles. The molecule has 0 bridgehead atoms. The van der Waals surface area contributed by atoms with Gasteiger partial charge in [-0.05, 0) is 45.7 Å². The van der Waals surface area contributed by atoms with Crippen LogP contribution < -0.4 is 10.6 Å². The summed E-state index contributed by atoms with van der Waals surface area (Å²) < 4.78 is 7.27. The number of ether oxygens (including phenoxy) is 1. The highest BCUT2D eigenvalue weighted by Crippen LogP contribution is 2.12. The van der Waals surface area contributed by atoms with Crippen LogP contribution in [0.25, 0.3) is 0 Å². The van der Waals surface area contributed by atoms with E-state index in [1.807, 2.05) is 46.9 Å². The molecule has 0 radical (unpaired) electrons. The van der Waals surface area contributed by atoms with Crippen molar-refractivity contribution in [1.29, 1.82) is 0 Å². The molecule has 2 heterocycles. The van der Waals surface area contributed by atoms with Crippen LogP contribution in [0.2, 0.25) is 0 Å². The Hall–Kier alpha value is -3.17. The average Bonchev–Trinajstić information content (AvgIpc) is 3.12. The lowest BCUT2D eigenvalue weighted by atomic mass is 10.2. The molecule has 170 valence electrons. The molecule has 0 fully saturated rings. The first-order valence-electron chi connectivity index (χ1n) is 10.5. The standard InChI is InChI=1S/C21H34N8O2/c1-6-23-19(25-14-18-26-16-27-28(18)5)24-11-8-12-29(20(30)31-21(2,3)4)15-17-9-7-10-22-13-17/h7,9-10,13,16H,6,8,11-12,14-15H2,1-5H3,(H2,23,24,25). The molecular formula is C21H34N8O2. The number of nitrogens with zero attached hydrogens (tertiary/aromatic N) is 6. The summed E-state index contributed by atoms with van der Waals surface area (Å²) in [6.45, 7) is 10.4. The largest absolute Gasteiger partial charge is 0.444 e. The van der Waals surface area contributed by atoms with Crippen molar-refractivity contribution in [1.82, 2.24) is 35.3 Å². The first-order chi connectivity index (χ1) is 14.8. The van der Waals surface area contributed by atoms with E-state index >= 15 is 0 Å². The van der Waals surface area contributed by atoms with Crippen LogP contribution in [-0.4, -0.2) is 61.9 Å². The molecule has 2 N–H and O–H groups in total. The minimum atomic E-state index is -0.548. The number of aliphatic imine (C=N–C) groups is 1. The Labute approximate surface area is 184 Å². The highest BCUT2D eigenvalue weighted by atomic mass is 16.6. The van der Waals surface area contributed by atoms with Crippen molar-refractivity contribution in [2.24, 2.45) is 12.0 Å². The summed E-state index contributed by atoms with van der Waals surface area (Å²) in [5.41, 5.74) is 0.410. The van der Waals surface area contributed by atoms with Gasteiger partial charge in [0.2, 0.25) is 0 Å². The molecule has 2 aromatic heterocycles. The van der Waals surface area contributed by atoms with E-state index in [1.54, 1.807) is 22.0 Å². The van der Waals surface area contributed by atoms with Gasteiger partial charge in [0.25, 0.3) is 0 Å². The van der Waals surface area contributed by atoms with Gasteiger partial charge in [-0.15, -0.1) is 0 Å². The summed E-state index contributed by atoms with van der Waals surface area (Å²) in [6.07, 6.45) is 5.39. The minimum absolute atomic E-state index is 0.334. The van der Waals surface area contributed by atoms with Gasteiger partial charge in [-0.2, -0.15) is 5.10 Å². The van der Waals surface area contributed by atoms with Crippen molar-refractivity contribution < 1.29 is 9.53 Å². The molecule has 0 aliphatic rings. The van der Waals surface area contributed by atoms with E-state index in [9.17, 15) is 4.79 Å². The number of nitrogens with one attached hydrogen (secondary N) is 2. The van der Waals surface area contributed by atoms with E-state index in [2.05, 4.69) is 30.7 Å². The predicted molar refractivity (Wildman–Crippen MR) is 119 cm³/mol. The zero-order chi connectivity index (χ0) is 22.7. The third-order valence-electron chi connectivity index (χ3n) is 4.17. The maximum absolute atomic E-state index is 12.7. The third-order valence-corrected chi connectivity index (χ3v) is 4.17. The molecule has 0 atom stereocenters. The molecule has 0 saturated carbocycles. The topological polar surface area (TPSA) is 110 Å². The summed E-state index contributed by atoms with van der Waals surface area (Å²) in [5, 5.41) is 10.6. The summed E-state index contributed by atoms with van der Waals surface area (Å²) >= 11 is 0. The molecule has 10 heteroatoms. The second-order valence-electron chi connectivity index (χ2n) is 8.04. The Bertz CT molecular complexity index is 829. The molecule has 0 aromatic carbocycles. The average molecular weight is 431 g/mol. The Morgan fingerprint density at radius 1 is 1.32 bits per heavy atom. The second-order valence-corrected chi connectivity index (χ2v) is 8.04. The summed E-state index contributed by atoms with van der Waals surface area (Å²) in [6, 6.07) is 3.81. The molecular weight excluding hydrogens is 396 g/mol. The van der Waals surface area contributed by atoms with Crippen LogP contribution in [-0.2, 0) is 24.9 Å². The number of aromatic nitrogens is 4. The van der Waals surface area contributed by atoms with E-state index in [-0.39, 0.29) is 6.09 Å². The van der Waals surface area contributed by atoms with Gasteiger partial charge in [-0.25, -0.2) is 14.8 Å². The fraction of sp³-hybridized carbons (Fsp3) is 0.571. The zero-order valence-corrected chi connectivity index (χ0v) is 19.1. The number of hydrogen-bond donors (Lipinski definition) is 2. The van der Waals surface area contributed by atoms with Crippen LogP contribution in [0.5, 0.6) is 0 Å². The fourth-order valence-electron chi connectivity index (χ4n) is 2.70. The lowest BCUT2D eigenvalue weighted by Gasteiger charge is -2.27. The number of amides is 1. The minimum Gasteiger partial charge on any atom is -0.444 e. The highest BCUT2D eigenvalue weighted by Gasteiger charge is 2.22. The Morgan fingerprint density at radius 2 is 2.13 bits per heavy atom. The smallest absolute Gasteiger partial charge is 0.410 e. The van der Waals surface area contributed by atoms with E-state index in [0.29, 0.717) is 32.1 Å². The molecule has 0 unspecified atom stereocenters. The van der Waals surface area contributed by atoms with Gasteiger partial charge in [0, 0.05) is 39.1 Å². The van der Waals surface area contributed by atoms with Gasteiger partial charge in [0.1, 0.15) is 24.3 Å². The Kier molecular flexibility index (Phi) is 9.23. The number of hydrogen-bond acceptors (Lipinski definition) is 6. The van der Waals surface area contributed by atoms with E-state index in [0.717, 1.165) is 24.4 Å².